The molecule has 3 amide bonds. The van der Waals surface area contributed by atoms with Gasteiger partial charge in [-0.1, -0.05) is 18.2 Å². The lowest BCUT2D eigenvalue weighted by atomic mass is 10.3. The third-order valence-corrected chi connectivity index (χ3v) is 4.43. The summed E-state index contributed by atoms with van der Waals surface area (Å²) in [5.74, 6) is -0.640. The lowest BCUT2D eigenvalue weighted by Crippen LogP contribution is -2.32. The van der Waals surface area contributed by atoms with Crippen molar-refractivity contribution in [3.05, 3.63) is 46.2 Å². The Morgan fingerprint density at radius 2 is 1.44 bits per heavy atom. The molecule has 0 N–H and O–H groups in total. The molecule has 0 unspecified atom stereocenters. The van der Waals surface area contributed by atoms with Crippen molar-refractivity contribution < 1.29 is 14.7 Å². The molecule has 0 aliphatic carbocycles. The monoisotopic (exact) mass is 373 g/mol. The topological polar surface area (TPSA) is 90.6 Å². The Bertz CT molecular complexity index is 873. The first kappa shape index (κ1) is 20.3. The zero-order chi connectivity index (χ0) is 20.1. The smallest absolute Gasteiger partial charge is 0.331 e. The van der Waals surface area contributed by atoms with Gasteiger partial charge in [0.25, 0.3) is 5.91 Å². The van der Waals surface area contributed by atoms with Gasteiger partial charge in [-0.15, -0.1) is 0 Å². The number of likely N-dealkylation sites (N-methyl/N-ethyl adjacent to an activating group) is 2. The first-order valence-corrected chi connectivity index (χ1v) is 9.11. The number of imidazole rings is 1. The van der Waals surface area contributed by atoms with Crippen LogP contribution in [0.4, 0.5) is 4.79 Å². The van der Waals surface area contributed by atoms with Gasteiger partial charge >= 0.3 is 11.7 Å². The van der Waals surface area contributed by atoms with E-state index in [-0.39, 0.29) is 23.5 Å². The Kier molecular flexibility index (Phi) is 6.44. The summed E-state index contributed by atoms with van der Waals surface area (Å²) in [6.45, 7) is 8.57. The van der Waals surface area contributed by atoms with Gasteiger partial charge in [0.05, 0.1) is 5.69 Å². The number of urea groups is 1. The Balaban J connectivity index is 2.23. The van der Waals surface area contributed by atoms with Crippen molar-refractivity contribution in [2.75, 3.05) is 13.1 Å². The Morgan fingerprint density at radius 3 is 2.00 bits per heavy atom. The van der Waals surface area contributed by atoms with Crippen molar-refractivity contribution >= 4 is 18.0 Å². The summed E-state index contributed by atoms with van der Waals surface area (Å²) >= 11 is 0. The minimum Gasteiger partial charge on any atom is -0.858 e. The zero-order valence-electron chi connectivity index (χ0n) is 16.1. The summed E-state index contributed by atoms with van der Waals surface area (Å²) in [7, 11) is 0. The SMILES string of the molecule is CCN1C(=O)/C(=C\C=CC=Cc2c([O-])n(CC)c(=O)n2CC)N(CC)C1=O. The van der Waals surface area contributed by atoms with Gasteiger partial charge < -0.3 is 9.67 Å². The normalized spacial score (nSPS) is 16.8. The van der Waals surface area contributed by atoms with Gasteiger partial charge in [-0.05, 0) is 45.7 Å². The van der Waals surface area contributed by atoms with Gasteiger partial charge in [0, 0.05) is 26.2 Å². The number of allylic oxidation sites excluding steroid dienone is 4. The summed E-state index contributed by atoms with van der Waals surface area (Å²) in [5, 5.41) is 12.3. The fourth-order valence-electron chi connectivity index (χ4n) is 3.03. The van der Waals surface area contributed by atoms with Crippen molar-refractivity contribution in [3.8, 4) is 5.88 Å². The quantitative estimate of drug-likeness (QED) is 0.412. The van der Waals surface area contributed by atoms with Crippen LogP contribution in [0.3, 0.4) is 0 Å². The maximum atomic E-state index is 12.3. The summed E-state index contributed by atoms with van der Waals surface area (Å²) in [4.78, 5) is 39.1. The maximum Gasteiger partial charge on any atom is 0.331 e. The van der Waals surface area contributed by atoms with E-state index >= 15 is 0 Å². The standard InChI is InChI=1S/C19H26N4O4/c1-5-20-14(16(24)22(7-3)18(20)26)12-10-9-11-13-15-17(25)23(8-4)19(27)21(15)6-2/h9-13,24H,5-8H2,1-4H3/p-1/b11-9?,12-10?,15-13+. The van der Waals surface area contributed by atoms with Crippen LogP contribution in [0.1, 0.15) is 33.4 Å². The second kappa shape index (κ2) is 8.57. The maximum absolute atomic E-state index is 12.3. The molecule has 1 aromatic heterocycles. The minimum absolute atomic E-state index is 0.316. The molecule has 0 aromatic carbocycles. The molecular weight excluding hydrogens is 348 g/mol. The van der Waals surface area contributed by atoms with E-state index in [0.29, 0.717) is 37.6 Å². The molecule has 27 heavy (non-hydrogen) atoms. The number of hydrogen-bond acceptors (Lipinski definition) is 4. The average Bonchev–Trinajstić information content (AvgIpc) is 3.03. The summed E-state index contributed by atoms with van der Waals surface area (Å²) < 4.78 is 2.61. The second-order valence-electron chi connectivity index (χ2n) is 5.83. The Morgan fingerprint density at radius 1 is 0.815 bits per heavy atom. The molecule has 0 spiro atoms. The number of carbonyl (C=O) groups is 2. The molecule has 1 fully saturated rings. The van der Waals surface area contributed by atoms with Crippen LogP contribution in [0, 0.1) is 0 Å². The van der Waals surface area contributed by atoms with Crippen molar-refractivity contribution in [2.24, 2.45) is 0 Å². The average molecular weight is 373 g/mol. The third-order valence-electron chi connectivity index (χ3n) is 4.43. The Labute approximate surface area is 158 Å². The molecule has 1 aliphatic rings. The van der Waals surface area contributed by atoms with Crippen LogP contribution in [-0.2, 0) is 17.9 Å². The summed E-state index contributed by atoms with van der Waals surface area (Å²) in [5.41, 5.74) is 0.325. The van der Waals surface area contributed by atoms with Gasteiger partial charge in [-0.3, -0.25) is 19.2 Å². The highest BCUT2D eigenvalue weighted by Gasteiger charge is 2.38. The Hall–Kier alpha value is -3.03. The highest BCUT2D eigenvalue weighted by atomic mass is 16.3. The minimum atomic E-state index is -0.320. The predicted octanol–water partition coefficient (Wildman–Crippen LogP) is 1.52. The molecule has 0 bridgehead atoms. The summed E-state index contributed by atoms with van der Waals surface area (Å²) in [6.07, 6.45) is 8.07. The number of imide groups is 1. The molecule has 1 aromatic rings. The lowest BCUT2D eigenvalue weighted by molar-refractivity contribution is -0.279. The molecule has 1 aliphatic heterocycles. The molecular formula is C19H25N4O4-. The van der Waals surface area contributed by atoms with Crippen LogP contribution in [-0.4, -0.2) is 44.0 Å². The molecule has 146 valence electrons. The molecule has 2 heterocycles. The van der Waals surface area contributed by atoms with E-state index in [1.807, 2.05) is 0 Å². The van der Waals surface area contributed by atoms with E-state index < -0.39 is 0 Å². The molecule has 0 atom stereocenters. The van der Waals surface area contributed by atoms with Crippen molar-refractivity contribution in [1.29, 1.82) is 0 Å². The van der Waals surface area contributed by atoms with Gasteiger partial charge in [0.1, 0.15) is 5.70 Å². The van der Waals surface area contributed by atoms with Gasteiger partial charge in [-0.2, -0.15) is 0 Å². The number of hydrogen-bond donors (Lipinski definition) is 0. The van der Waals surface area contributed by atoms with Gasteiger partial charge in [0.2, 0.25) is 0 Å². The van der Waals surface area contributed by atoms with E-state index in [4.69, 9.17) is 0 Å². The molecule has 8 nitrogen and oxygen atoms in total. The van der Waals surface area contributed by atoms with E-state index in [0.717, 1.165) is 0 Å². The predicted molar refractivity (Wildman–Crippen MR) is 101 cm³/mol. The third kappa shape index (κ3) is 3.60. The van der Waals surface area contributed by atoms with Crippen molar-refractivity contribution in [3.63, 3.8) is 0 Å². The van der Waals surface area contributed by atoms with Crippen LogP contribution >= 0.6 is 0 Å². The molecule has 0 saturated carbocycles. The highest BCUT2D eigenvalue weighted by molar-refractivity contribution is 6.11. The van der Waals surface area contributed by atoms with Crippen LogP contribution in [0.5, 0.6) is 5.88 Å². The van der Waals surface area contributed by atoms with E-state index in [2.05, 4.69) is 0 Å². The number of nitrogens with zero attached hydrogens (tertiary/aromatic N) is 4. The van der Waals surface area contributed by atoms with E-state index in [9.17, 15) is 19.5 Å². The number of carbonyl (C=O) groups excluding carboxylic acids is 2. The van der Waals surface area contributed by atoms with Gasteiger partial charge in [0.15, 0.2) is 0 Å². The summed E-state index contributed by atoms with van der Waals surface area (Å²) in [6, 6.07) is -0.316. The second-order valence-corrected chi connectivity index (χ2v) is 5.83. The molecule has 1 saturated heterocycles. The number of aromatic nitrogens is 2. The first-order chi connectivity index (χ1) is 12.9. The van der Waals surface area contributed by atoms with Gasteiger partial charge in [-0.25, -0.2) is 9.59 Å². The largest absolute Gasteiger partial charge is 0.858 e. The number of rotatable bonds is 7. The van der Waals surface area contributed by atoms with Crippen LogP contribution < -0.4 is 10.8 Å². The molecule has 0 radical (unpaired) electrons. The molecule has 8 heteroatoms. The van der Waals surface area contributed by atoms with Crippen molar-refractivity contribution in [1.82, 2.24) is 18.9 Å². The fraction of sp³-hybridized carbons (Fsp3) is 0.421. The van der Waals surface area contributed by atoms with E-state index in [1.165, 1.54) is 18.9 Å². The first-order valence-electron chi connectivity index (χ1n) is 9.11. The fourth-order valence-corrected chi connectivity index (χ4v) is 3.03. The zero-order valence-corrected chi connectivity index (χ0v) is 16.1. The van der Waals surface area contributed by atoms with E-state index in [1.54, 1.807) is 58.1 Å². The lowest BCUT2D eigenvalue weighted by Gasteiger charge is -2.13. The van der Waals surface area contributed by atoms with Crippen LogP contribution in [0.15, 0.2) is 34.8 Å². The van der Waals surface area contributed by atoms with Crippen LogP contribution in [0.2, 0.25) is 0 Å². The van der Waals surface area contributed by atoms with Crippen molar-refractivity contribution in [2.45, 2.75) is 40.8 Å². The van der Waals surface area contributed by atoms with Crippen LogP contribution in [0.25, 0.3) is 6.08 Å². The molecule has 2 rings (SSSR count). The highest BCUT2D eigenvalue weighted by Crippen LogP contribution is 2.20. The number of amides is 3.